The fraction of sp³-hybridized carbons (Fsp3) is 0.444. The van der Waals surface area contributed by atoms with Crippen LogP contribution in [0.3, 0.4) is 0 Å². The van der Waals surface area contributed by atoms with Crippen molar-refractivity contribution < 1.29 is 10.2 Å². The minimum Gasteiger partial charge on any atom is -0.390 e. The Bertz CT molecular complexity index is 279. The molecule has 0 aliphatic heterocycles. The molecule has 1 aromatic rings. The van der Waals surface area contributed by atoms with Gasteiger partial charge in [-0.1, -0.05) is 11.6 Å². The van der Waals surface area contributed by atoms with Crippen LogP contribution in [0.4, 0.5) is 0 Å². The van der Waals surface area contributed by atoms with Crippen LogP contribution in [0.25, 0.3) is 0 Å². The number of nitrogens with zero attached hydrogens (tertiary/aromatic N) is 1. The smallest absolute Gasteiger partial charge is 0.122 e. The molecule has 0 amide bonds. The first-order chi connectivity index (χ1) is 6.65. The fourth-order valence-corrected chi connectivity index (χ4v) is 1.36. The monoisotopic (exact) mass is 235 g/mol. The van der Waals surface area contributed by atoms with Gasteiger partial charge < -0.3 is 10.2 Å². The van der Waals surface area contributed by atoms with Crippen molar-refractivity contribution in [3.05, 3.63) is 29.0 Å². The van der Waals surface area contributed by atoms with E-state index < -0.39 is 12.2 Å². The molecule has 0 aliphatic rings. The van der Waals surface area contributed by atoms with Crippen LogP contribution in [0.15, 0.2) is 18.3 Å². The van der Waals surface area contributed by atoms with Gasteiger partial charge in [0.25, 0.3) is 0 Å². The Kier molecular flexibility index (Phi) is 4.62. The third-order valence-corrected chi connectivity index (χ3v) is 2.26. The van der Waals surface area contributed by atoms with Gasteiger partial charge in [0.15, 0.2) is 0 Å². The van der Waals surface area contributed by atoms with Crippen LogP contribution in [0.5, 0.6) is 0 Å². The lowest BCUT2D eigenvalue weighted by Crippen LogP contribution is -2.19. The lowest BCUT2D eigenvalue weighted by Gasteiger charge is -2.15. The highest BCUT2D eigenvalue weighted by Gasteiger charge is 2.18. The number of aliphatic hydroxyl groups is 2. The quantitative estimate of drug-likeness (QED) is 0.783. The number of hydrogen-bond acceptors (Lipinski definition) is 3. The molecule has 0 saturated carbocycles. The third-order valence-electron chi connectivity index (χ3n) is 1.82. The Hall–Kier alpha value is -0.350. The molecule has 78 valence electrons. The van der Waals surface area contributed by atoms with Gasteiger partial charge in [0.2, 0.25) is 0 Å². The molecule has 3 nitrogen and oxygen atoms in total. The average molecular weight is 236 g/mol. The summed E-state index contributed by atoms with van der Waals surface area (Å²) >= 11 is 11.1. The number of aliphatic hydroxyl groups excluding tert-OH is 2. The van der Waals surface area contributed by atoms with Crippen molar-refractivity contribution in [2.24, 2.45) is 0 Å². The molecule has 1 rings (SSSR count). The topological polar surface area (TPSA) is 53.4 Å². The predicted molar refractivity (Wildman–Crippen MR) is 55.6 cm³/mol. The molecule has 0 spiro atoms. The summed E-state index contributed by atoms with van der Waals surface area (Å²) in [6.45, 7) is 0. The first-order valence-electron chi connectivity index (χ1n) is 4.18. The van der Waals surface area contributed by atoms with Crippen molar-refractivity contribution in [1.82, 2.24) is 4.98 Å². The van der Waals surface area contributed by atoms with Crippen molar-refractivity contribution in [1.29, 1.82) is 0 Å². The van der Waals surface area contributed by atoms with Crippen LogP contribution in [0, 0.1) is 0 Å². The molecule has 0 radical (unpaired) electrons. The number of hydrogen-bond donors (Lipinski definition) is 2. The standard InChI is InChI=1S/C9H11Cl2NO2/c10-4-3-8(13)9(14)7-2-1-6(11)5-12-7/h1-2,5,8-9,13-14H,3-4H2. The number of aromatic nitrogens is 1. The Labute approximate surface area is 92.3 Å². The maximum Gasteiger partial charge on any atom is 0.122 e. The SMILES string of the molecule is OC(CCCl)C(O)c1ccc(Cl)cn1. The van der Waals surface area contributed by atoms with Crippen molar-refractivity contribution in [2.45, 2.75) is 18.6 Å². The Morgan fingerprint density at radius 1 is 1.36 bits per heavy atom. The summed E-state index contributed by atoms with van der Waals surface area (Å²) in [7, 11) is 0. The first-order valence-corrected chi connectivity index (χ1v) is 5.10. The molecule has 0 bridgehead atoms. The maximum atomic E-state index is 9.60. The van der Waals surface area contributed by atoms with E-state index in [0.717, 1.165) is 0 Å². The molecule has 1 heterocycles. The van der Waals surface area contributed by atoms with Crippen LogP contribution >= 0.6 is 23.2 Å². The van der Waals surface area contributed by atoms with Crippen LogP contribution in [0.2, 0.25) is 5.02 Å². The number of alkyl halides is 1. The zero-order valence-corrected chi connectivity index (χ0v) is 8.91. The van der Waals surface area contributed by atoms with Gasteiger partial charge in [-0.15, -0.1) is 11.6 Å². The van der Waals surface area contributed by atoms with Gasteiger partial charge in [0, 0.05) is 12.1 Å². The van der Waals surface area contributed by atoms with Crippen molar-refractivity contribution in [2.75, 3.05) is 5.88 Å². The average Bonchev–Trinajstić information content (AvgIpc) is 2.18. The van der Waals surface area contributed by atoms with E-state index in [1.165, 1.54) is 6.20 Å². The van der Waals surface area contributed by atoms with Crippen molar-refractivity contribution in [3.8, 4) is 0 Å². The molecule has 0 aliphatic carbocycles. The summed E-state index contributed by atoms with van der Waals surface area (Å²) in [5.41, 5.74) is 0.395. The second kappa shape index (κ2) is 5.51. The second-order valence-corrected chi connectivity index (χ2v) is 3.71. The first kappa shape index (κ1) is 11.7. The molecule has 0 aromatic carbocycles. The van der Waals surface area contributed by atoms with E-state index in [1.807, 2.05) is 0 Å². The van der Waals surface area contributed by atoms with Gasteiger partial charge in [0.05, 0.1) is 16.8 Å². The molecule has 0 saturated heterocycles. The number of pyridine rings is 1. The zero-order valence-electron chi connectivity index (χ0n) is 7.40. The lowest BCUT2D eigenvalue weighted by molar-refractivity contribution is 0.0144. The molecule has 2 N–H and O–H groups in total. The third kappa shape index (κ3) is 3.10. The number of halogens is 2. The fourth-order valence-electron chi connectivity index (χ4n) is 1.03. The Balaban J connectivity index is 2.68. The van der Waals surface area contributed by atoms with E-state index in [2.05, 4.69) is 4.98 Å². The summed E-state index contributed by atoms with van der Waals surface area (Å²) in [5.74, 6) is 0.297. The van der Waals surface area contributed by atoms with Gasteiger partial charge in [-0.2, -0.15) is 0 Å². The van der Waals surface area contributed by atoms with E-state index in [-0.39, 0.29) is 0 Å². The van der Waals surface area contributed by atoms with E-state index in [1.54, 1.807) is 12.1 Å². The maximum absolute atomic E-state index is 9.60. The summed E-state index contributed by atoms with van der Waals surface area (Å²) in [5, 5.41) is 19.5. The minimum atomic E-state index is -1.01. The summed E-state index contributed by atoms with van der Waals surface area (Å²) in [6, 6.07) is 3.19. The number of rotatable bonds is 4. The van der Waals surface area contributed by atoms with Crippen LogP contribution < -0.4 is 0 Å². The minimum absolute atomic E-state index is 0.297. The van der Waals surface area contributed by atoms with Crippen LogP contribution in [-0.4, -0.2) is 27.2 Å². The molecule has 5 heteroatoms. The van der Waals surface area contributed by atoms with Gasteiger partial charge in [-0.3, -0.25) is 4.98 Å². The summed E-state index contributed by atoms with van der Waals surface area (Å²) in [4.78, 5) is 3.90. The largest absolute Gasteiger partial charge is 0.390 e. The van der Waals surface area contributed by atoms with E-state index in [9.17, 15) is 10.2 Å². The molecule has 1 aromatic heterocycles. The highest BCUT2D eigenvalue weighted by molar-refractivity contribution is 6.30. The van der Waals surface area contributed by atoms with Crippen LogP contribution in [0.1, 0.15) is 18.2 Å². The van der Waals surface area contributed by atoms with Gasteiger partial charge >= 0.3 is 0 Å². The lowest BCUT2D eigenvalue weighted by atomic mass is 10.1. The summed E-state index contributed by atoms with van der Waals surface area (Å²) in [6.07, 6.45) is -0.146. The Morgan fingerprint density at radius 2 is 2.07 bits per heavy atom. The molecular weight excluding hydrogens is 225 g/mol. The molecule has 14 heavy (non-hydrogen) atoms. The molecule has 2 atom stereocenters. The summed E-state index contributed by atoms with van der Waals surface area (Å²) < 4.78 is 0. The van der Waals surface area contributed by atoms with Crippen molar-refractivity contribution >= 4 is 23.2 Å². The van der Waals surface area contributed by atoms with Crippen molar-refractivity contribution in [3.63, 3.8) is 0 Å². The molecular formula is C9H11Cl2NO2. The van der Waals surface area contributed by atoms with Gasteiger partial charge in [-0.25, -0.2) is 0 Å². The van der Waals surface area contributed by atoms with Gasteiger partial charge in [-0.05, 0) is 18.6 Å². The Morgan fingerprint density at radius 3 is 2.57 bits per heavy atom. The highest BCUT2D eigenvalue weighted by Crippen LogP contribution is 2.18. The van der Waals surface area contributed by atoms with E-state index in [4.69, 9.17) is 23.2 Å². The predicted octanol–water partition coefficient (Wildman–Crippen LogP) is 1.76. The van der Waals surface area contributed by atoms with Crippen LogP contribution in [-0.2, 0) is 0 Å². The van der Waals surface area contributed by atoms with E-state index in [0.29, 0.717) is 23.0 Å². The van der Waals surface area contributed by atoms with Gasteiger partial charge in [0.1, 0.15) is 6.10 Å². The zero-order chi connectivity index (χ0) is 10.6. The second-order valence-electron chi connectivity index (χ2n) is 2.89. The van der Waals surface area contributed by atoms with E-state index >= 15 is 0 Å². The normalized spacial score (nSPS) is 15.1. The molecule has 0 fully saturated rings. The highest BCUT2D eigenvalue weighted by atomic mass is 35.5. The molecule has 2 unspecified atom stereocenters.